The first-order valence-corrected chi connectivity index (χ1v) is 11.9. The fourth-order valence-corrected chi connectivity index (χ4v) is 4.39. The van der Waals surface area contributed by atoms with Crippen LogP contribution in [0.5, 0.6) is 0 Å². The summed E-state index contributed by atoms with van der Waals surface area (Å²) in [5.74, 6) is 1.45. The van der Waals surface area contributed by atoms with Crippen LogP contribution in [0.25, 0.3) is 22.4 Å². The van der Waals surface area contributed by atoms with Crippen LogP contribution in [0.1, 0.15) is 18.1 Å². The van der Waals surface area contributed by atoms with E-state index in [4.69, 9.17) is 0 Å². The zero-order chi connectivity index (χ0) is 23.4. The predicted octanol–water partition coefficient (Wildman–Crippen LogP) is 6.75. The largest absolute Gasteiger partial charge is 0.417 e. The van der Waals surface area contributed by atoms with Crippen LogP contribution >= 0.6 is 23.7 Å². The summed E-state index contributed by atoms with van der Waals surface area (Å²) < 4.78 is 39.9. The normalized spacial score (nSPS) is 11.7. The number of aryl methyl sites for hydroxylation is 1. The Bertz CT molecular complexity index is 1260. The molecule has 0 fully saturated rings. The molecule has 2 heterocycles. The third kappa shape index (κ3) is 5.58. The second kappa shape index (κ2) is 9.98. The van der Waals surface area contributed by atoms with Gasteiger partial charge in [0.25, 0.3) is 0 Å². The molecule has 33 heavy (non-hydrogen) atoms. The zero-order valence-corrected chi connectivity index (χ0v) is 19.4. The van der Waals surface area contributed by atoms with Gasteiger partial charge in [0.1, 0.15) is 5.52 Å². The molecule has 0 unspecified atom stereocenters. The molecule has 170 valence electrons. The molecule has 5 nitrogen and oxygen atoms in total. The van der Waals surface area contributed by atoms with Crippen molar-refractivity contribution in [1.29, 1.82) is 0 Å². The lowest BCUT2D eigenvalue weighted by molar-refractivity contribution is -0.137. The Hall–Kier alpha value is -2.82. The number of anilines is 1. The van der Waals surface area contributed by atoms with Crippen molar-refractivity contribution in [3.8, 4) is 11.4 Å². The number of nitrogens with zero attached hydrogens (tertiary/aromatic N) is 3. The van der Waals surface area contributed by atoms with Gasteiger partial charge in [-0.25, -0.2) is 9.97 Å². The number of halogens is 3. The van der Waals surface area contributed by atoms with Gasteiger partial charge < -0.3 is 0 Å². The average molecular weight is 488 g/mol. The van der Waals surface area contributed by atoms with Gasteiger partial charge in [-0.3, -0.25) is 10.4 Å². The number of aromatic nitrogens is 3. The van der Waals surface area contributed by atoms with Gasteiger partial charge in [-0.2, -0.15) is 18.0 Å². The molecule has 0 aliphatic rings. The molecule has 0 amide bonds. The Labute approximate surface area is 197 Å². The summed E-state index contributed by atoms with van der Waals surface area (Å²) in [5, 5.41) is 0. The SMILES string of the molecule is CCSc1ccccc1-c1nc(NNSc2ccc(C)cc2)c2ncc(C(F)(F)F)cc2n1. The van der Waals surface area contributed by atoms with Gasteiger partial charge in [-0.15, -0.1) is 11.8 Å². The molecular formula is C23H20F3N5S2. The molecule has 0 bridgehead atoms. The lowest BCUT2D eigenvalue weighted by Gasteiger charge is -2.14. The summed E-state index contributed by atoms with van der Waals surface area (Å²) in [7, 11) is 0. The summed E-state index contributed by atoms with van der Waals surface area (Å²) in [6.45, 7) is 4.03. The van der Waals surface area contributed by atoms with Crippen LogP contribution in [0, 0.1) is 6.92 Å². The average Bonchev–Trinajstić information content (AvgIpc) is 2.80. The third-order valence-electron chi connectivity index (χ3n) is 4.65. The number of hydrogen-bond donors (Lipinski definition) is 2. The summed E-state index contributed by atoms with van der Waals surface area (Å²) in [6.07, 6.45) is -3.72. The first kappa shape index (κ1) is 23.3. The lowest BCUT2D eigenvalue weighted by Crippen LogP contribution is -2.16. The van der Waals surface area contributed by atoms with Crippen molar-refractivity contribution in [3.05, 3.63) is 71.9 Å². The summed E-state index contributed by atoms with van der Waals surface area (Å²) in [4.78, 5) is 18.0. The molecule has 0 saturated carbocycles. The predicted molar refractivity (Wildman–Crippen MR) is 128 cm³/mol. The van der Waals surface area contributed by atoms with E-state index in [0.29, 0.717) is 11.6 Å². The molecule has 0 radical (unpaired) electrons. The minimum atomic E-state index is -4.52. The number of thioether (sulfide) groups is 1. The molecule has 2 N–H and O–H groups in total. The standard InChI is InChI=1S/C23H20F3N5S2/c1-3-32-19-7-5-4-6-17(19)21-28-18-12-15(23(24,25)26)13-27-20(18)22(29-21)30-31-33-16-10-8-14(2)9-11-16/h4-13,31H,3H2,1-2H3,(H,28,29,30). The first-order chi connectivity index (χ1) is 15.8. The molecule has 0 saturated heterocycles. The number of alkyl halides is 3. The van der Waals surface area contributed by atoms with Crippen molar-refractivity contribution in [1.82, 2.24) is 19.8 Å². The maximum Gasteiger partial charge on any atom is 0.417 e. The Morgan fingerprint density at radius 2 is 1.76 bits per heavy atom. The molecule has 0 aliphatic carbocycles. The van der Waals surface area contributed by atoms with Gasteiger partial charge in [0.05, 0.1) is 11.1 Å². The van der Waals surface area contributed by atoms with E-state index in [1.54, 1.807) is 11.8 Å². The van der Waals surface area contributed by atoms with Crippen molar-refractivity contribution in [2.24, 2.45) is 0 Å². The highest BCUT2D eigenvalue weighted by molar-refractivity contribution is 7.99. The van der Waals surface area contributed by atoms with Crippen LogP contribution in [-0.2, 0) is 6.18 Å². The van der Waals surface area contributed by atoms with E-state index in [9.17, 15) is 13.2 Å². The highest BCUT2D eigenvalue weighted by Crippen LogP contribution is 2.34. The maximum absolute atomic E-state index is 13.3. The highest BCUT2D eigenvalue weighted by atomic mass is 32.2. The Balaban J connectivity index is 1.74. The van der Waals surface area contributed by atoms with Crippen LogP contribution in [-0.4, -0.2) is 20.7 Å². The smallest absolute Gasteiger partial charge is 0.294 e. The van der Waals surface area contributed by atoms with E-state index >= 15 is 0 Å². The van der Waals surface area contributed by atoms with Crippen molar-refractivity contribution >= 4 is 40.6 Å². The number of benzene rings is 2. The van der Waals surface area contributed by atoms with Crippen molar-refractivity contribution < 1.29 is 13.2 Å². The summed E-state index contributed by atoms with van der Waals surface area (Å²) >= 11 is 2.94. The van der Waals surface area contributed by atoms with Crippen LogP contribution in [0.2, 0.25) is 0 Å². The molecule has 0 aliphatic heterocycles. The second-order valence-corrected chi connectivity index (χ2v) is 9.24. The monoisotopic (exact) mass is 487 g/mol. The highest BCUT2D eigenvalue weighted by Gasteiger charge is 2.31. The van der Waals surface area contributed by atoms with Crippen molar-refractivity contribution in [2.45, 2.75) is 29.8 Å². The van der Waals surface area contributed by atoms with Gasteiger partial charge in [-0.05, 0) is 48.9 Å². The van der Waals surface area contributed by atoms with Crippen LogP contribution < -0.4 is 10.3 Å². The van der Waals surface area contributed by atoms with E-state index in [0.717, 1.165) is 38.9 Å². The molecule has 0 spiro atoms. The van der Waals surface area contributed by atoms with Gasteiger partial charge >= 0.3 is 6.18 Å². The Kier molecular flexibility index (Phi) is 7.06. The number of fused-ring (bicyclic) bond motifs is 1. The second-order valence-electron chi connectivity index (χ2n) is 7.06. The minimum absolute atomic E-state index is 0.107. The molecule has 2 aromatic carbocycles. The molecule has 0 atom stereocenters. The number of pyridine rings is 1. The van der Waals surface area contributed by atoms with Crippen LogP contribution in [0.4, 0.5) is 19.0 Å². The van der Waals surface area contributed by atoms with E-state index < -0.39 is 11.7 Å². The lowest BCUT2D eigenvalue weighted by atomic mass is 10.2. The number of hydrazine groups is 1. The Morgan fingerprint density at radius 3 is 2.48 bits per heavy atom. The quantitative estimate of drug-likeness (QED) is 0.170. The van der Waals surface area contributed by atoms with E-state index in [2.05, 4.69) is 25.2 Å². The fourth-order valence-electron chi connectivity index (χ4n) is 3.05. The molecule has 4 aromatic rings. The summed E-state index contributed by atoms with van der Waals surface area (Å²) in [6, 6.07) is 16.5. The van der Waals surface area contributed by atoms with E-state index in [1.807, 2.05) is 62.4 Å². The van der Waals surface area contributed by atoms with E-state index in [1.165, 1.54) is 11.9 Å². The van der Waals surface area contributed by atoms with Gasteiger partial charge in [0.2, 0.25) is 0 Å². The van der Waals surface area contributed by atoms with Crippen LogP contribution in [0.15, 0.2) is 70.6 Å². The van der Waals surface area contributed by atoms with E-state index in [-0.39, 0.29) is 11.0 Å². The number of hydrogen-bond acceptors (Lipinski definition) is 7. The van der Waals surface area contributed by atoms with Gasteiger partial charge in [0, 0.05) is 21.6 Å². The molecular weight excluding hydrogens is 467 g/mol. The topological polar surface area (TPSA) is 62.7 Å². The van der Waals surface area contributed by atoms with Crippen LogP contribution in [0.3, 0.4) is 0 Å². The Morgan fingerprint density at radius 1 is 1.00 bits per heavy atom. The molecule has 4 rings (SSSR count). The first-order valence-electron chi connectivity index (χ1n) is 10.1. The fraction of sp³-hybridized carbons (Fsp3) is 0.174. The third-order valence-corrected chi connectivity index (χ3v) is 6.32. The summed E-state index contributed by atoms with van der Waals surface area (Å²) in [5.41, 5.74) is 4.37. The number of nitrogens with one attached hydrogen (secondary N) is 2. The zero-order valence-electron chi connectivity index (χ0n) is 17.8. The number of rotatable bonds is 7. The van der Waals surface area contributed by atoms with Gasteiger partial charge in [0.15, 0.2) is 11.6 Å². The van der Waals surface area contributed by atoms with Gasteiger partial charge in [-0.1, -0.05) is 42.8 Å². The molecule has 2 aromatic heterocycles. The van der Waals surface area contributed by atoms with Crippen molar-refractivity contribution in [3.63, 3.8) is 0 Å². The maximum atomic E-state index is 13.3. The van der Waals surface area contributed by atoms with Crippen molar-refractivity contribution in [2.75, 3.05) is 11.2 Å². The molecule has 10 heteroatoms. The minimum Gasteiger partial charge on any atom is -0.294 e.